The summed E-state index contributed by atoms with van der Waals surface area (Å²) in [5.74, 6) is 0. The predicted octanol–water partition coefficient (Wildman–Crippen LogP) is 15.9. The molecule has 12 aromatic rings. The van der Waals surface area contributed by atoms with Crippen molar-refractivity contribution in [1.29, 1.82) is 0 Å². The summed E-state index contributed by atoms with van der Waals surface area (Å²) in [5, 5.41) is 11.7. The minimum Gasteiger partial charge on any atom is -0.456 e. The Morgan fingerprint density at radius 3 is 1.21 bits per heavy atom. The van der Waals surface area contributed by atoms with Crippen molar-refractivity contribution >= 4 is 110 Å². The summed E-state index contributed by atoms with van der Waals surface area (Å²) in [4.78, 5) is 4.67. The molecule has 0 spiro atoms. The summed E-state index contributed by atoms with van der Waals surface area (Å²) in [6.45, 7) is 0. The standard InChI is InChI=1S/C54H34N2O2/c1-3-11-37(12-4-1)55(41-24-29-53-49(33-41)46-15-7-9-17-51(46)57-53)39-23-28-43-36(31-39)21-27-45-44(43)26-20-35-19-22-40(32-48(35)45)56(38-13-5-2-6-14-38)42-25-30-54-50(34-42)47-16-8-10-18-52(47)58-54/h1-34H. The number of rotatable bonds is 6. The lowest BCUT2D eigenvalue weighted by Gasteiger charge is -2.26. The maximum atomic E-state index is 6.21. The topological polar surface area (TPSA) is 32.8 Å². The lowest BCUT2D eigenvalue weighted by atomic mass is 9.96. The minimum absolute atomic E-state index is 0.886. The van der Waals surface area contributed by atoms with Gasteiger partial charge in [0.1, 0.15) is 22.3 Å². The van der Waals surface area contributed by atoms with Crippen molar-refractivity contribution in [3.8, 4) is 0 Å². The Morgan fingerprint density at radius 2 is 0.621 bits per heavy atom. The Kier molecular flexibility index (Phi) is 7.20. The lowest BCUT2D eigenvalue weighted by Crippen LogP contribution is -2.09. The van der Waals surface area contributed by atoms with Crippen LogP contribution in [0.2, 0.25) is 0 Å². The fourth-order valence-corrected chi connectivity index (χ4v) is 8.88. The molecule has 0 saturated heterocycles. The van der Waals surface area contributed by atoms with Gasteiger partial charge in [-0.2, -0.15) is 0 Å². The molecule has 0 aliphatic carbocycles. The molecule has 0 amide bonds. The van der Waals surface area contributed by atoms with Gasteiger partial charge < -0.3 is 18.6 Å². The third kappa shape index (κ3) is 5.16. The van der Waals surface area contributed by atoms with E-state index in [0.29, 0.717) is 0 Å². The summed E-state index contributed by atoms with van der Waals surface area (Å²) in [5.41, 5.74) is 10.1. The molecule has 2 aromatic heterocycles. The van der Waals surface area contributed by atoms with Crippen molar-refractivity contribution in [3.05, 3.63) is 206 Å². The largest absolute Gasteiger partial charge is 0.456 e. The Hall–Kier alpha value is -7.82. The fraction of sp³-hybridized carbons (Fsp3) is 0. The number of hydrogen-bond donors (Lipinski definition) is 0. The first kappa shape index (κ1) is 32.4. The van der Waals surface area contributed by atoms with Crippen molar-refractivity contribution in [2.24, 2.45) is 0 Å². The molecule has 12 rings (SSSR count). The minimum atomic E-state index is 0.886. The molecule has 4 heteroatoms. The van der Waals surface area contributed by atoms with E-state index < -0.39 is 0 Å². The van der Waals surface area contributed by atoms with Gasteiger partial charge in [-0.15, -0.1) is 0 Å². The van der Waals surface area contributed by atoms with E-state index in [4.69, 9.17) is 8.83 Å². The second kappa shape index (κ2) is 12.9. The molecule has 0 bridgehead atoms. The van der Waals surface area contributed by atoms with Gasteiger partial charge in [0.25, 0.3) is 0 Å². The van der Waals surface area contributed by atoms with E-state index >= 15 is 0 Å². The molecule has 272 valence electrons. The quantitative estimate of drug-likeness (QED) is 0.159. The van der Waals surface area contributed by atoms with E-state index in [0.717, 1.165) is 78.0 Å². The molecule has 0 atom stereocenters. The van der Waals surface area contributed by atoms with Crippen LogP contribution in [-0.2, 0) is 0 Å². The average Bonchev–Trinajstić information content (AvgIpc) is 3.85. The van der Waals surface area contributed by atoms with Crippen molar-refractivity contribution in [2.75, 3.05) is 9.80 Å². The molecule has 58 heavy (non-hydrogen) atoms. The van der Waals surface area contributed by atoms with Gasteiger partial charge >= 0.3 is 0 Å². The third-order valence-electron chi connectivity index (χ3n) is 11.6. The summed E-state index contributed by atoms with van der Waals surface area (Å²) in [7, 11) is 0. The van der Waals surface area contributed by atoms with E-state index in [1.807, 2.05) is 24.3 Å². The number of hydrogen-bond acceptors (Lipinski definition) is 4. The third-order valence-corrected chi connectivity index (χ3v) is 11.6. The van der Waals surface area contributed by atoms with Crippen LogP contribution in [0.5, 0.6) is 0 Å². The van der Waals surface area contributed by atoms with Crippen LogP contribution in [0.4, 0.5) is 34.1 Å². The van der Waals surface area contributed by atoms with Crippen molar-refractivity contribution < 1.29 is 8.83 Å². The molecule has 0 aliphatic heterocycles. The zero-order valence-electron chi connectivity index (χ0n) is 31.3. The molecule has 4 nitrogen and oxygen atoms in total. The molecular formula is C54H34N2O2. The van der Waals surface area contributed by atoms with Crippen LogP contribution in [0.25, 0.3) is 76.2 Å². The number of anilines is 6. The molecule has 0 N–H and O–H groups in total. The molecule has 0 fully saturated rings. The normalized spacial score (nSPS) is 11.8. The number of fused-ring (bicyclic) bond motifs is 11. The van der Waals surface area contributed by atoms with E-state index in [-0.39, 0.29) is 0 Å². The van der Waals surface area contributed by atoms with Gasteiger partial charge in [0.05, 0.1) is 0 Å². The van der Waals surface area contributed by atoms with Crippen LogP contribution in [0.1, 0.15) is 0 Å². The van der Waals surface area contributed by atoms with Crippen LogP contribution in [0.15, 0.2) is 215 Å². The van der Waals surface area contributed by atoms with Gasteiger partial charge in [0.15, 0.2) is 0 Å². The Morgan fingerprint density at radius 1 is 0.224 bits per heavy atom. The smallest absolute Gasteiger partial charge is 0.135 e. The highest BCUT2D eigenvalue weighted by atomic mass is 16.3. The molecule has 2 heterocycles. The number of nitrogens with zero attached hydrogens (tertiary/aromatic N) is 2. The summed E-state index contributed by atoms with van der Waals surface area (Å²) < 4.78 is 12.4. The number of furan rings is 2. The van der Waals surface area contributed by atoms with Gasteiger partial charge in [0.2, 0.25) is 0 Å². The zero-order valence-corrected chi connectivity index (χ0v) is 31.3. The summed E-state index contributed by atoms with van der Waals surface area (Å²) >= 11 is 0. The monoisotopic (exact) mass is 742 g/mol. The fourth-order valence-electron chi connectivity index (χ4n) is 8.88. The van der Waals surface area contributed by atoms with Crippen LogP contribution in [0, 0.1) is 0 Å². The van der Waals surface area contributed by atoms with E-state index in [9.17, 15) is 0 Å². The Balaban J connectivity index is 0.995. The molecule has 0 radical (unpaired) electrons. The lowest BCUT2D eigenvalue weighted by molar-refractivity contribution is 0.668. The Labute approximate surface area is 334 Å². The Bertz CT molecular complexity index is 3530. The first-order valence-electron chi connectivity index (χ1n) is 19.7. The first-order chi connectivity index (χ1) is 28.7. The maximum Gasteiger partial charge on any atom is 0.135 e. The van der Waals surface area contributed by atoms with Crippen molar-refractivity contribution in [2.45, 2.75) is 0 Å². The SMILES string of the molecule is c1ccc(N(c2ccc3c(ccc4c5cc(N(c6ccccc6)c6ccc7oc8ccccc8c7c6)ccc5ccc34)c2)c2ccc3oc4ccccc4c3c2)cc1. The van der Waals surface area contributed by atoms with Crippen molar-refractivity contribution in [1.82, 2.24) is 0 Å². The van der Waals surface area contributed by atoms with Gasteiger partial charge in [-0.05, 0) is 129 Å². The summed E-state index contributed by atoms with van der Waals surface area (Å²) in [6, 6.07) is 73.5. The van der Waals surface area contributed by atoms with E-state index in [2.05, 4.69) is 192 Å². The summed E-state index contributed by atoms with van der Waals surface area (Å²) in [6.07, 6.45) is 0. The van der Waals surface area contributed by atoms with Gasteiger partial charge in [-0.3, -0.25) is 0 Å². The van der Waals surface area contributed by atoms with Gasteiger partial charge in [0, 0.05) is 55.7 Å². The zero-order chi connectivity index (χ0) is 38.2. The van der Waals surface area contributed by atoms with Crippen LogP contribution < -0.4 is 9.80 Å². The maximum absolute atomic E-state index is 6.21. The highest BCUT2D eigenvalue weighted by molar-refractivity contribution is 6.18. The average molecular weight is 743 g/mol. The second-order valence-electron chi connectivity index (χ2n) is 14.9. The number of benzene rings is 10. The van der Waals surface area contributed by atoms with Crippen molar-refractivity contribution in [3.63, 3.8) is 0 Å². The highest BCUT2D eigenvalue weighted by Crippen LogP contribution is 2.43. The number of para-hydroxylation sites is 4. The van der Waals surface area contributed by atoms with E-state index in [1.165, 1.54) is 32.3 Å². The predicted molar refractivity (Wildman–Crippen MR) is 243 cm³/mol. The highest BCUT2D eigenvalue weighted by Gasteiger charge is 2.19. The molecule has 10 aromatic carbocycles. The van der Waals surface area contributed by atoms with Crippen LogP contribution >= 0.6 is 0 Å². The van der Waals surface area contributed by atoms with Crippen LogP contribution in [-0.4, -0.2) is 0 Å². The molecular weight excluding hydrogens is 709 g/mol. The van der Waals surface area contributed by atoms with Crippen LogP contribution in [0.3, 0.4) is 0 Å². The van der Waals surface area contributed by atoms with Gasteiger partial charge in [-0.25, -0.2) is 0 Å². The first-order valence-corrected chi connectivity index (χ1v) is 19.7. The molecule has 0 unspecified atom stereocenters. The van der Waals surface area contributed by atoms with Gasteiger partial charge in [-0.1, -0.05) is 109 Å². The van der Waals surface area contributed by atoms with E-state index in [1.54, 1.807) is 0 Å². The molecule has 0 aliphatic rings. The second-order valence-corrected chi connectivity index (χ2v) is 14.9. The molecule has 0 saturated carbocycles.